The van der Waals surface area contributed by atoms with Gasteiger partial charge in [0.1, 0.15) is 5.82 Å². The summed E-state index contributed by atoms with van der Waals surface area (Å²) in [6.45, 7) is 4.65. The van der Waals surface area contributed by atoms with Crippen LogP contribution >= 0.6 is 11.8 Å². The molecule has 3 aromatic rings. The van der Waals surface area contributed by atoms with Crippen LogP contribution in [0.25, 0.3) is 0 Å². The summed E-state index contributed by atoms with van der Waals surface area (Å²) in [6.07, 6.45) is -3.70. The minimum atomic E-state index is -4.37. The molecule has 34 heavy (non-hydrogen) atoms. The molecule has 1 fully saturated rings. The lowest BCUT2D eigenvalue weighted by Gasteiger charge is -2.36. The zero-order chi connectivity index (χ0) is 24.1. The van der Waals surface area contributed by atoms with Crippen LogP contribution < -0.4 is 4.90 Å². The first-order valence-electron chi connectivity index (χ1n) is 11.1. The number of anilines is 1. The predicted octanol–water partition coefficient (Wildman–Crippen LogP) is 4.35. The minimum Gasteiger partial charge on any atom is -0.368 e. The molecule has 6 nitrogen and oxygen atoms in total. The highest BCUT2D eigenvalue weighted by Gasteiger charge is 2.31. The molecule has 0 radical (unpaired) electrons. The summed E-state index contributed by atoms with van der Waals surface area (Å²) in [5.41, 5.74) is 1.01. The lowest BCUT2D eigenvalue weighted by atomic mass is 10.1. The van der Waals surface area contributed by atoms with Crippen molar-refractivity contribution in [2.75, 3.05) is 36.8 Å². The molecule has 180 valence electrons. The number of rotatable bonds is 7. The third-order valence-electron chi connectivity index (χ3n) is 5.81. The van der Waals surface area contributed by atoms with Crippen LogP contribution in [0, 0.1) is 0 Å². The lowest BCUT2D eigenvalue weighted by molar-refractivity contribution is -0.137. The number of hydrogen-bond acceptors (Lipinski definition) is 5. The van der Waals surface area contributed by atoms with Gasteiger partial charge in [0.25, 0.3) is 0 Å². The molecule has 10 heteroatoms. The Morgan fingerprint density at radius 2 is 1.74 bits per heavy atom. The molecule has 0 spiro atoms. The third-order valence-corrected chi connectivity index (χ3v) is 6.76. The van der Waals surface area contributed by atoms with Gasteiger partial charge < -0.3 is 14.4 Å². The van der Waals surface area contributed by atoms with Crippen LogP contribution in [0.4, 0.5) is 18.9 Å². The number of amides is 1. The van der Waals surface area contributed by atoms with Crippen molar-refractivity contribution in [2.45, 2.75) is 31.2 Å². The Hall–Kier alpha value is -3.01. The van der Waals surface area contributed by atoms with E-state index < -0.39 is 11.7 Å². The van der Waals surface area contributed by atoms with E-state index in [-0.39, 0.29) is 11.7 Å². The number of nitrogens with zero attached hydrogens (tertiary/aromatic N) is 5. The number of carbonyl (C=O) groups is 1. The van der Waals surface area contributed by atoms with E-state index in [0.29, 0.717) is 50.0 Å². The molecule has 1 amide bonds. The number of piperazine rings is 1. The van der Waals surface area contributed by atoms with Crippen molar-refractivity contribution in [3.63, 3.8) is 0 Å². The molecule has 0 N–H and O–H groups in total. The van der Waals surface area contributed by atoms with E-state index in [2.05, 4.69) is 10.2 Å². The summed E-state index contributed by atoms with van der Waals surface area (Å²) in [5.74, 6) is 1.09. The Kier molecular flexibility index (Phi) is 7.45. The van der Waals surface area contributed by atoms with E-state index in [0.717, 1.165) is 23.5 Å². The molecule has 0 aliphatic carbocycles. The zero-order valence-corrected chi connectivity index (χ0v) is 19.6. The molecule has 1 saturated heterocycles. The van der Waals surface area contributed by atoms with Gasteiger partial charge in [0.05, 0.1) is 11.3 Å². The van der Waals surface area contributed by atoms with Crippen molar-refractivity contribution in [2.24, 2.45) is 0 Å². The van der Waals surface area contributed by atoms with Gasteiger partial charge in [-0.2, -0.15) is 13.2 Å². The van der Waals surface area contributed by atoms with Crippen LogP contribution in [0.3, 0.4) is 0 Å². The Bertz CT molecular complexity index is 1110. The molecule has 0 saturated carbocycles. The van der Waals surface area contributed by atoms with Crippen LogP contribution in [0.5, 0.6) is 0 Å². The van der Waals surface area contributed by atoms with E-state index in [9.17, 15) is 18.0 Å². The fourth-order valence-corrected chi connectivity index (χ4v) is 4.89. The lowest BCUT2D eigenvalue weighted by Crippen LogP contribution is -2.49. The Labute approximate surface area is 200 Å². The standard InChI is InChI=1S/C24H26F3N5OS/c1-2-32-21(15-18-7-4-3-5-8-18)28-29-23(32)34-17-22(33)31-13-11-30(12-14-31)20-10-6-9-19(16-20)24(25,26)27/h3-10,16H,2,11-15,17H2,1H3. The van der Waals surface area contributed by atoms with Crippen molar-refractivity contribution < 1.29 is 18.0 Å². The molecule has 0 bridgehead atoms. The number of carbonyl (C=O) groups excluding carboxylic acids is 1. The average molecular weight is 490 g/mol. The van der Waals surface area contributed by atoms with E-state index >= 15 is 0 Å². The summed E-state index contributed by atoms with van der Waals surface area (Å²) in [5, 5.41) is 9.32. The molecule has 0 unspecified atom stereocenters. The van der Waals surface area contributed by atoms with Crippen molar-refractivity contribution >= 4 is 23.4 Å². The smallest absolute Gasteiger partial charge is 0.368 e. The fourth-order valence-electron chi connectivity index (χ4n) is 3.96. The van der Waals surface area contributed by atoms with Crippen LogP contribution in [-0.2, 0) is 23.9 Å². The topological polar surface area (TPSA) is 54.3 Å². The maximum absolute atomic E-state index is 13.0. The van der Waals surface area contributed by atoms with Crippen molar-refractivity contribution in [3.8, 4) is 0 Å². The first-order chi connectivity index (χ1) is 16.3. The maximum atomic E-state index is 13.0. The highest BCUT2D eigenvalue weighted by molar-refractivity contribution is 7.99. The molecular weight excluding hydrogens is 463 g/mol. The third kappa shape index (κ3) is 5.72. The van der Waals surface area contributed by atoms with Gasteiger partial charge in [0.2, 0.25) is 5.91 Å². The first kappa shape index (κ1) is 24.1. The van der Waals surface area contributed by atoms with Gasteiger partial charge in [0, 0.05) is 44.8 Å². The number of halogens is 3. The van der Waals surface area contributed by atoms with Gasteiger partial charge in [-0.25, -0.2) is 0 Å². The van der Waals surface area contributed by atoms with Crippen molar-refractivity contribution in [3.05, 3.63) is 71.5 Å². The maximum Gasteiger partial charge on any atom is 0.416 e. The zero-order valence-electron chi connectivity index (χ0n) is 18.8. The van der Waals surface area contributed by atoms with Gasteiger partial charge in [0.15, 0.2) is 5.16 Å². The largest absolute Gasteiger partial charge is 0.416 e. The van der Waals surface area contributed by atoms with Gasteiger partial charge in [-0.15, -0.1) is 10.2 Å². The Balaban J connectivity index is 1.31. The Morgan fingerprint density at radius 3 is 2.41 bits per heavy atom. The fraction of sp³-hybridized carbons (Fsp3) is 0.375. The van der Waals surface area contributed by atoms with Crippen LogP contribution in [-0.4, -0.2) is 57.5 Å². The van der Waals surface area contributed by atoms with E-state index in [1.807, 2.05) is 46.7 Å². The SMILES string of the molecule is CCn1c(Cc2ccccc2)nnc1SCC(=O)N1CCN(c2cccc(C(F)(F)F)c2)CC1. The summed E-state index contributed by atoms with van der Waals surface area (Å²) >= 11 is 1.37. The van der Waals surface area contributed by atoms with E-state index in [1.54, 1.807) is 11.0 Å². The molecule has 1 aliphatic heterocycles. The van der Waals surface area contributed by atoms with Crippen LogP contribution in [0.15, 0.2) is 59.8 Å². The number of alkyl halides is 3. The normalized spacial score (nSPS) is 14.5. The Morgan fingerprint density at radius 1 is 1.00 bits per heavy atom. The highest BCUT2D eigenvalue weighted by atomic mass is 32.2. The second-order valence-electron chi connectivity index (χ2n) is 8.01. The molecule has 1 aliphatic rings. The molecule has 2 aromatic carbocycles. The second kappa shape index (κ2) is 10.5. The summed E-state index contributed by atoms with van der Waals surface area (Å²) in [7, 11) is 0. The summed E-state index contributed by atoms with van der Waals surface area (Å²) in [6, 6.07) is 15.4. The minimum absolute atomic E-state index is 0.0102. The molecule has 1 aromatic heterocycles. The summed E-state index contributed by atoms with van der Waals surface area (Å²) < 4.78 is 41.0. The number of benzene rings is 2. The van der Waals surface area contributed by atoms with E-state index in [1.165, 1.54) is 17.8 Å². The summed E-state index contributed by atoms with van der Waals surface area (Å²) in [4.78, 5) is 16.4. The highest BCUT2D eigenvalue weighted by Crippen LogP contribution is 2.32. The van der Waals surface area contributed by atoms with Crippen molar-refractivity contribution in [1.29, 1.82) is 0 Å². The van der Waals surface area contributed by atoms with E-state index in [4.69, 9.17) is 0 Å². The number of aromatic nitrogens is 3. The van der Waals surface area contributed by atoms with Crippen molar-refractivity contribution in [1.82, 2.24) is 19.7 Å². The molecule has 0 atom stereocenters. The first-order valence-corrected chi connectivity index (χ1v) is 12.1. The van der Waals surface area contributed by atoms with Gasteiger partial charge >= 0.3 is 6.18 Å². The molecule has 2 heterocycles. The molecular formula is C24H26F3N5OS. The van der Waals surface area contributed by atoms with Gasteiger partial charge in [-0.05, 0) is 30.7 Å². The monoisotopic (exact) mass is 489 g/mol. The molecule has 4 rings (SSSR count). The van der Waals surface area contributed by atoms with Crippen LogP contribution in [0.2, 0.25) is 0 Å². The number of hydrogen-bond donors (Lipinski definition) is 0. The predicted molar refractivity (Wildman–Crippen MR) is 126 cm³/mol. The van der Waals surface area contributed by atoms with Gasteiger partial charge in [-0.1, -0.05) is 48.2 Å². The van der Waals surface area contributed by atoms with Gasteiger partial charge in [-0.3, -0.25) is 4.79 Å². The second-order valence-corrected chi connectivity index (χ2v) is 8.95. The average Bonchev–Trinajstić information content (AvgIpc) is 3.24. The van der Waals surface area contributed by atoms with Crippen LogP contribution in [0.1, 0.15) is 23.9 Å². The number of thioether (sulfide) groups is 1. The quantitative estimate of drug-likeness (QED) is 0.462.